The number of halogens is 2. The van der Waals surface area contributed by atoms with Crippen LogP contribution in [0.5, 0.6) is 5.75 Å². The highest BCUT2D eigenvalue weighted by molar-refractivity contribution is 14.1. The summed E-state index contributed by atoms with van der Waals surface area (Å²) in [5, 5.41) is 3.97. The molecule has 0 heterocycles. The summed E-state index contributed by atoms with van der Waals surface area (Å²) in [5.74, 6) is 2.73. The van der Waals surface area contributed by atoms with E-state index in [1.54, 1.807) is 18.2 Å². The first kappa shape index (κ1) is 17.5. The van der Waals surface area contributed by atoms with Crippen molar-refractivity contribution in [3.63, 3.8) is 0 Å². The van der Waals surface area contributed by atoms with Gasteiger partial charge in [0.1, 0.15) is 12.4 Å². The molecule has 0 spiro atoms. The molecule has 0 bridgehead atoms. The Morgan fingerprint density at radius 3 is 2.78 bits per heavy atom. The number of hydrazone groups is 1. The summed E-state index contributed by atoms with van der Waals surface area (Å²) in [6.07, 6.45) is 6.71. The first-order valence-corrected chi connectivity index (χ1v) is 8.42. The number of nitrogens with one attached hydrogen (secondary N) is 1. The summed E-state index contributed by atoms with van der Waals surface area (Å²) in [6, 6.07) is 12.7. The molecule has 0 radical (unpaired) electrons. The van der Waals surface area contributed by atoms with Gasteiger partial charge in [0.25, 0.3) is 5.91 Å². The maximum atomic E-state index is 12.0. The lowest BCUT2D eigenvalue weighted by Gasteiger charge is -2.06. The predicted molar refractivity (Wildman–Crippen MR) is 103 cm³/mol. The molecule has 0 unspecified atom stereocenters. The minimum absolute atomic E-state index is 0.164. The molecular formula is C17H12BrIN2O2. The van der Waals surface area contributed by atoms with E-state index in [1.807, 2.05) is 24.3 Å². The zero-order chi connectivity index (χ0) is 16.7. The number of hydrogen-bond acceptors (Lipinski definition) is 3. The first-order valence-electron chi connectivity index (χ1n) is 6.55. The monoisotopic (exact) mass is 482 g/mol. The Labute approximate surface area is 156 Å². The number of carbonyl (C=O) groups is 1. The fourth-order valence-electron chi connectivity index (χ4n) is 1.70. The standard InChI is InChI=1S/C17H12BrIN2O2/c1-2-9-23-16-8-5-14(18)10-13(16)11-20-21-17(22)12-3-6-15(19)7-4-12/h1,3-8,10-11H,9H2,(H,21,22)/b20-11-. The quantitative estimate of drug-likeness (QED) is 0.305. The van der Waals surface area contributed by atoms with Gasteiger partial charge in [-0.3, -0.25) is 4.79 Å². The van der Waals surface area contributed by atoms with Crippen molar-refractivity contribution in [1.82, 2.24) is 5.43 Å². The van der Waals surface area contributed by atoms with Crippen LogP contribution in [0.4, 0.5) is 0 Å². The zero-order valence-electron chi connectivity index (χ0n) is 11.9. The van der Waals surface area contributed by atoms with Crippen molar-refractivity contribution in [3.05, 3.63) is 61.6 Å². The van der Waals surface area contributed by atoms with E-state index in [0.29, 0.717) is 16.9 Å². The van der Waals surface area contributed by atoms with Gasteiger partial charge in [-0.1, -0.05) is 21.9 Å². The van der Waals surface area contributed by atoms with Crippen LogP contribution in [-0.4, -0.2) is 18.7 Å². The van der Waals surface area contributed by atoms with E-state index in [1.165, 1.54) is 6.21 Å². The normalized spacial score (nSPS) is 10.3. The maximum absolute atomic E-state index is 12.0. The number of hydrogen-bond donors (Lipinski definition) is 1. The molecule has 4 nitrogen and oxygen atoms in total. The Balaban J connectivity index is 2.07. The lowest BCUT2D eigenvalue weighted by atomic mass is 10.2. The summed E-state index contributed by atoms with van der Waals surface area (Å²) >= 11 is 5.56. The number of carbonyl (C=O) groups excluding carboxylic acids is 1. The lowest BCUT2D eigenvalue weighted by molar-refractivity contribution is 0.0955. The van der Waals surface area contributed by atoms with Crippen LogP contribution in [0, 0.1) is 15.9 Å². The molecule has 23 heavy (non-hydrogen) atoms. The van der Waals surface area contributed by atoms with Gasteiger partial charge >= 0.3 is 0 Å². The van der Waals surface area contributed by atoms with E-state index in [4.69, 9.17) is 11.2 Å². The van der Waals surface area contributed by atoms with Crippen molar-refractivity contribution in [2.45, 2.75) is 0 Å². The molecule has 0 saturated heterocycles. The Morgan fingerprint density at radius 2 is 2.09 bits per heavy atom. The van der Waals surface area contributed by atoms with Gasteiger partial charge in [-0.15, -0.1) is 6.42 Å². The minimum atomic E-state index is -0.279. The molecule has 1 amide bonds. The molecule has 2 aromatic carbocycles. The number of amides is 1. The van der Waals surface area contributed by atoms with Crippen LogP contribution >= 0.6 is 38.5 Å². The van der Waals surface area contributed by atoms with E-state index in [2.05, 4.69) is 55.0 Å². The average Bonchev–Trinajstić information content (AvgIpc) is 2.54. The van der Waals surface area contributed by atoms with Gasteiger partial charge in [-0.2, -0.15) is 5.10 Å². The molecule has 2 rings (SSSR count). The van der Waals surface area contributed by atoms with Crippen molar-refractivity contribution >= 4 is 50.6 Å². The number of nitrogens with zero attached hydrogens (tertiary/aromatic N) is 1. The fourth-order valence-corrected chi connectivity index (χ4v) is 2.44. The second-order valence-electron chi connectivity index (χ2n) is 4.38. The summed E-state index contributed by atoms with van der Waals surface area (Å²) in [6.45, 7) is 0.164. The third-order valence-corrected chi connectivity index (χ3v) is 3.97. The largest absolute Gasteiger partial charge is 0.480 e. The molecule has 2 aromatic rings. The fraction of sp³-hybridized carbons (Fsp3) is 0.0588. The predicted octanol–water partition coefficient (Wildman–Crippen LogP) is 3.83. The van der Waals surface area contributed by atoms with Gasteiger partial charge in [-0.05, 0) is 65.1 Å². The van der Waals surface area contributed by atoms with E-state index >= 15 is 0 Å². The number of benzene rings is 2. The van der Waals surface area contributed by atoms with Crippen LogP contribution in [0.15, 0.2) is 52.0 Å². The molecule has 0 saturated carbocycles. The average molecular weight is 483 g/mol. The van der Waals surface area contributed by atoms with Crippen molar-refractivity contribution in [2.24, 2.45) is 5.10 Å². The summed E-state index contributed by atoms with van der Waals surface area (Å²) < 4.78 is 7.37. The zero-order valence-corrected chi connectivity index (χ0v) is 15.7. The van der Waals surface area contributed by atoms with Crippen LogP contribution in [0.1, 0.15) is 15.9 Å². The molecular weight excluding hydrogens is 471 g/mol. The molecule has 1 N–H and O–H groups in total. The van der Waals surface area contributed by atoms with E-state index in [9.17, 15) is 4.79 Å². The summed E-state index contributed by atoms with van der Waals surface area (Å²) in [7, 11) is 0. The van der Waals surface area contributed by atoms with Crippen molar-refractivity contribution < 1.29 is 9.53 Å². The van der Waals surface area contributed by atoms with Crippen molar-refractivity contribution in [1.29, 1.82) is 0 Å². The smallest absolute Gasteiger partial charge is 0.271 e. The SMILES string of the molecule is C#CCOc1ccc(Br)cc1/C=N\NC(=O)c1ccc(I)cc1. The minimum Gasteiger partial charge on any atom is -0.480 e. The third-order valence-electron chi connectivity index (χ3n) is 2.76. The highest BCUT2D eigenvalue weighted by Crippen LogP contribution is 2.21. The van der Waals surface area contributed by atoms with Crippen LogP contribution in [-0.2, 0) is 0 Å². The van der Waals surface area contributed by atoms with Gasteiger partial charge in [0.2, 0.25) is 0 Å². The van der Waals surface area contributed by atoms with E-state index < -0.39 is 0 Å². The lowest BCUT2D eigenvalue weighted by Crippen LogP contribution is -2.17. The van der Waals surface area contributed by atoms with Crippen molar-refractivity contribution in [3.8, 4) is 18.1 Å². The second-order valence-corrected chi connectivity index (χ2v) is 6.54. The van der Waals surface area contributed by atoms with Crippen LogP contribution in [0.2, 0.25) is 0 Å². The molecule has 0 aliphatic carbocycles. The molecule has 0 aliphatic rings. The highest BCUT2D eigenvalue weighted by atomic mass is 127. The van der Waals surface area contributed by atoms with Crippen LogP contribution < -0.4 is 10.2 Å². The van der Waals surface area contributed by atoms with Gasteiger partial charge < -0.3 is 4.74 Å². The van der Waals surface area contributed by atoms with Gasteiger partial charge in [0.15, 0.2) is 0 Å². The topological polar surface area (TPSA) is 50.7 Å². The molecule has 0 atom stereocenters. The third kappa shape index (κ3) is 5.37. The Bertz CT molecular complexity index is 767. The van der Waals surface area contributed by atoms with E-state index in [-0.39, 0.29) is 12.5 Å². The van der Waals surface area contributed by atoms with E-state index in [0.717, 1.165) is 8.04 Å². The van der Waals surface area contributed by atoms with Crippen LogP contribution in [0.25, 0.3) is 0 Å². The molecule has 6 heteroatoms. The van der Waals surface area contributed by atoms with Crippen LogP contribution in [0.3, 0.4) is 0 Å². The maximum Gasteiger partial charge on any atom is 0.271 e. The highest BCUT2D eigenvalue weighted by Gasteiger charge is 2.05. The number of terminal acetylenes is 1. The molecule has 0 aromatic heterocycles. The number of rotatable bonds is 5. The summed E-state index contributed by atoms with van der Waals surface area (Å²) in [5.41, 5.74) is 3.73. The molecule has 0 fully saturated rings. The first-order chi connectivity index (χ1) is 11.1. The van der Waals surface area contributed by atoms with Gasteiger partial charge in [0.05, 0.1) is 6.21 Å². The summed E-state index contributed by atoms with van der Waals surface area (Å²) in [4.78, 5) is 12.0. The number of ether oxygens (including phenoxy) is 1. The van der Waals surface area contributed by atoms with Crippen molar-refractivity contribution in [2.75, 3.05) is 6.61 Å². The van der Waals surface area contributed by atoms with Gasteiger partial charge in [-0.25, -0.2) is 5.43 Å². The molecule has 0 aliphatic heterocycles. The second kappa shape index (κ2) is 8.70. The Hall–Kier alpha value is -1.85. The Morgan fingerprint density at radius 1 is 1.35 bits per heavy atom. The van der Waals surface area contributed by atoms with Gasteiger partial charge in [0, 0.05) is 19.2 Å². The molecule has 116 valence electrons. The Kier molecular flexibility index (Phi) is 6.62.